The molecule has 2 aromatic rings. The molecule has 100 valence electrons. The monoisotopic (exact) mass is 331 g/mol. The molecule has 1 heterocycles. The Balaban J connectivity index is 2.01. The molecule has 0 unspecified atom stereocenters. The van der Waals surface area contributed by atoms with E-state index in [1.165, 1.54) is 36.6 Å². The highest BCUT2D eigenvalue weighted by molar-refractivity contribution is 9.10. The molecule has 4 nitrogen and oxygen atoms in total. The van der Waals surface area contributed by atoms with Gasteiger partial charge < -0.3 is 14.5 Å². The van der Waals surface area contributed by atoms with Crippen molar-refractivity contribution in [3.8, 4) is 5.75 Å². The first-order chi connectivity index (χ1) is 9.04. The first-order valence-electron chi connectivity index (χ1n) is 5.15. The van der Waals surface area contributed by atoms with Crippen LogP contribution in [0.5, 0.6) is 5.75 Å². The standard InChI is InChI=1S/C12H8BrF2NO3/c13-10-5-7(6-18-10)11(17)16-8-1-3-9(4-2-8)19-12(14)15/h1-6,12H,(H,16,17). The third kappa shape index (κ3) is 3.78. The maximum atomic E-state index is 11.9. The van der Waals surface area contributed by atoms with Crippen LogP contribution in [0.25, 0.3) is 0 Å². The zero-order valence-electron chi connectivity index (χ0n) is 9.40. The summed E-state index contributed by atoms with van der Waals surface area (Å²) in [6.07, 6.45) is 1.30. The van der Waals surface area contributed by atoms with E-state index >= 15 is 0 Å². The molecule has 0 saturated carbocycles. The van der Waals surface area contributed by atoms with Crippen molar-refractivity contribution in [3.63, 3.8) is 0 Å². The maximum Gasteiger partial charge on any atom is 0.387 e. The Morgan fingerprint density at radius 3 is 2.53 bits per heavy atom. The normalized spacial score (nSPS) is 10.5. The van der Waals surface area contributed by atoms with Crippen LogP contribution in [0.2, 0.25) is 0 Å². The second kappa shape index (κ2) is 5.83. The van der Waals surface area contributed by atoms with Crippen molar-refractivity contribution in [1.29, 1.82) is 0 Å². The Morgan fingerprint density at radius 1 is 1.32 bits per heavy atom. The summed E-state index contributed by atoms with van der Waals surface area (Å²) in [5.41, 5.74) is 0.809. The average molecular weight is 332 g/mol. The fourth-order valence-electron chi connectivity index (χ4n) is 1.35. The van der Waals surface area contributed by atoms with E-state index in [0.29, 0.717) is 15.9 Å². The van der Waals surface area contributed by atoms with Crippen LogP contribution in [0.1, 0.15) is 10.4 Å². The number of nitrogens with one attached hydrogen (secondary N) is 1. The Bertz CT molecular complexity index is 569. The molecule has 19 heavy (non-hydrogen) atoms. The van der Waals surface area contributed by atoms with Gasteiger partial charge in [-0.3, -0.25) is 4.79 Å². The van der Waals surface area contributed by atoms with Crippen LogP contribution in [0.15, 0.2) is 45.7 Å². The third-order valence-electron chi connectivity index (χ3n) is 2.17. The number of anilines is 1. The highest BCUT2D eigenvalue weighted by Gasteiger charge is 2.10. The number of alkyl halides is 2. The third-order valence-corrected chi connectivity index (χ3v) is 2.58. The van der Waals surface area contributed by atoms with E-state index in [1.807, 2.05) is 0 Å². The predicted octanol–water partition coefficient (Wildman–Crippen LogP) is 3.90. The van der Waals surface area contributed by atoms with Gasteiger partial charge in [0.1, 0.15) is 12.0 Å². The van der Waals surface area contributed by atoms with E-state index in [2.05, 4.69) is 26.0 Å². The molecule has 0 spiro atoms. The van der Waals surface area contributed by atoms with Gasteiger partial charge in [-0.05, 0) is 40.2 Å². The van der Waals surface area contributed by atoms with Crippen LogP contribution in [0.4, 0.5) is 14.5 Å². The summed E-state index contributed by atoms with van der Waals surface area (Å²) >= 11 is 3.08. The van der Waals surface area contributed by atoms with Crippen LogP contribution in [0, 0.1) is 0 Å². The SMILES string of the molecule is O=C(Nc1ccc(OC(F)F)cc1)c1coc(Br)c1. The number of halogens is 3. The van der Waals surface area contributed by atoms with E-state index < -0.39 is 6.61 Å². The second-order valence-corrected chi connectivity index (χ2v) is 4.28. The lowest BCUT2D eigenvalue weighted by atomic mass is 10.2. The van der Waals surface area contributed by atoms with Crippen LogP contribution in [-0.4, -0.2) is 12.5 Å². The molecular weight excluding hydrogens is 324 g/mol. The molecule has 0 fully saturated rings. The Labute approximate surface area is 115 Å². The van der Waals surface area contributed by atoms with Gasteiger partial charge in [-0.25, -0.2) is 0 Å². The second-order valence-electron chi connectivity index (χ2n) is 3.50. The Morgan fingerprint density at radius 2 is 2.00 bits per heavy atom. The first-order valence-corrected chi connectivity index (χ1v) is 5.94. The van der Waals surface area contributed by atoms with E-state index in [9.17, 15) is 13.6 Å². The van der Waals surface area contributed by atoms with Gasteiger partial charge in [-0.1, -0.05) is 0 Å². The summed E-state index contributed by atoms with van der Waals surface area (Å²) in [7, 11) is 0. The van der Waals surface area contributed by atoms with Crippen LogP contribution >= 0.6 is 15.9 Å². The van der Waals surface area contributed by atoms with Crippen LogP contribution in [0.3, 0.4) is 0 Å². The molecule has 0 atom stereocenters. The van der Waals surface area contributed by atoms with Gasteiger partial charge in [0.2, 0.25) is 0 Å². The molecule has 0 bridgehead atoms. The van der Waals surface area contributed by atoms with Crippen molar-refractivity contribution >= 4 is 27.5 Å². The van der Waals surface area contributed by atoms with E-state index in [0.717, 1.165) is 0 Å². The summed E-state index contributed by atoms with van der Waals surface area (Å²) in [4.78, 5) is 11.7. The minimum Gasteiger partial charge on any atom is -0.457 e. The molecule has 0 aliphatic carbocycles. The van der Waals surface area contributed by atoms with E-state index in [1.54, 1.807) is 0 Å². The van der Waals surface area contributed by atoms with Crippen molar-refractivity contribution in [2.75, 3.05) is 5.32 Å². The Hall–Kier alpha value is -1.89. The van der Waals surface area contributed by atoms with Crippen molar-refractivity contribution in [2.45, 2.75) is 6.61 Å². The van der Waals surface area contributed by atoms with Crippen molar-refractivity contribution in [1.82, 2.24) is 0 Å². The molecule has 1 amide bonds. The van der Waals surface area contributed by atoms with Gasteiger partial charge in [-0.15, -0.1) is 0 Å². The minimum atomic E-state index is -2.87. The van der Waals surface area contributed by atoms with Gasteiger partial charge in [-0.2, -0.15) is 8.78 Å². The lowest BCUT2D eigenvalue weighted by molar-refractivity contribution is -0.0498. The van der Waals surface area contributed by atoms with Crippen LogP contribution in [-0.2, 0) is 0 Å². The summed E-state index contributed by atoms with van der Waals surface area (Å²) in [6.45, 7) is -2.87. The highest BCUT2D eigenvalue weighted by atomic mass is 79.9. The average Bonchev–Trinajstić information content (AvgIpc) is 2.78. The Kier molecular flexibility index (Phi) is 4.16. The van der Waals surface area contributed by atoms with Gasteiger partial charge in [0.25, 0.3) is 5.91 Å². The number of benzene rings is 1. The number of rotatable bonds is 4. The molecule has 0 saturated heterocycles. The van der Waals surface area contributed by atoms with Gasteiger partial charge in [0, 0.05) is 11.8 Å². The number of amides is 1. The molecule has 0 aliphatic heterocycles. The molecule has 2 rings (SSSR count). The van der Waals surface area contributed by atoms with E-state index in [4.69, 9.17) is 4.42 Å². The first kappa shape index (κ1) is 13.5. The quantitative estimate of drug-likeness (QED) is 0.924. The molecule has 0 aliphatic rings. The number of hydrogen-bond acceptors (Lipinski definition) is 3. The molecule has 7 heteroatoms. The van der Waals surface area contributed by atoms with Gasteiger partial charge >= 0.3 is 6.61 Å². The lowest BCUT2D eigenvalue weighted by Gasteiger charge is -2.06. The fourth-order valence-corrected chi connectivity index (χ4v) is 1.69. The zero-order valence-corrected chi connectivity index (χ0v) is 11.0. The number of carbonyl (C=O) groups excluding carboxylic acids is 1. The molecule has 1 aromatic heterocycles. The van der Waals surface area contributed by atoms with Gasteiger partial charge in [0.05, 0.1) is 5.56 Å². The van der Waals surface area contributed by atoms with Crippen molar-refractivity contribution in [3.05, 3.63) is 46.8 Å². The molecule has 0 radical (unpaired) electrons. The molecule has 1 N–H and O–H groups in total. The number of hydrogen-bond donors (Lipinski definition) is 1. The van der Waals surface area contributed by atoms with Crippen molar-refractivity contribution in [2.24, 2.45) is 0 Å². The summed E-state index contributed by atoms with van der Waals surface area (Å²) in [5.74, 6) is -0.337. The smallest absolute Gasteiger partial charge is 0.387 e. The van der Waals surface area contributed by atoms with Crippen LogP contribution < -0.4 is 10.1 Å². The maximum absolute atomic E-state index is 11.9. The minimum absolute atomic E-state index is 0.0269. The zero-order chi connectivity index (χ0) is 13.8. The lowest BCUT2D eigenvalue weighted by Crippen LogP contribution is -2.10. The van der Waals surface area contributed by atoms with E-state index in [-0.39, 0.29) is 11.7 Å². The molecule has 1 aromatic carbocycles. The molecular formula is C12H8BrF2NO3. The predicted molar refractivity (Wildman–Crippen MR) is 67.4 cm³/mol. The highest BCUT2D eigenvalue weighted by Crippen LogP contribution is 2.19. The summed E-state index contributed by atoms with van der Waals surface area (Å²) in [6, 6.07) is 7.12. The number of carbonyl (C=O) groups is 1. The summed E-state index contributed by atoms with van der Waals surface area (Å²) in [5, 5.41) is 2.59. The van der Waals surface area contributed by atoms with Crippen molar-refractivity contribution < 1.29 is 22.7 Å². The summed E-state index contributed by atoms with van der Waals surface area (Å²) < 4.78 is 33.5. The van der Waals surface area contributed by atoms with Gasteiger partial charge in [0.15, 0.2) is 4.67 Å². The number of furan rings is 1. The fraction of sp³-hybridized carbons (Fsp3) is 0.0833. The number of ether oxygens (including phenoxy) is 1. The topological polar surface area (TPSA) is 51.5 Å². The largest absolute Gasteiger partial charge is 0.457 e.